The van der Waals surface area contributed by atoms with Crippen molar-refractivity contribution in [2.45, 2.75) is 13.5 Å². The number of rotatable bonds is 6. The number of ether oxygens (including phenoxy) is 1. The smallest absolute Gasteiger partial charge is 0.319 e. The summed E-state index contributed by atoms with van der Waals surface area (Å²) in [7, 11) is 0. The summed E-state index contributed by atoms with van der Waals surface area (Å²) in [4.78, 5) is 23.3. The molecule has 6 nitrogen and oxygen atoms in total. The quantitative estimate of drug-likeness (QED) is 0.602. The number of anilines is 1. The first-order valence-electron chi connectivity index (χ1n) is 8.78. The van der Waals surface area contributed by atoms with Crippen LogP contribution in [0.4, 0.5) is 10.5 Å². The maximum atomic E-state index is 12.1. The van der Waals surface area contributed by atoms with Crippen molar-refractivity contribution in [1.82, 2.24) is 5.32 Å². The van der Waals surface area contributed by atoms with E-state index < -0.39 is 5.91 Å². The molecule has 0 aromatic heterocycles. The number of urea groups is 1. The number of carbonyl (C=O) groups excluding carboxylic acids is 2. The van der Waals surface area contributed by atoms with Crippen LogP contribution in [0.1, 0.15) is 21.5 Å². The summed E-state index contributed by atoms with van der Waals surface area (Å²) in [6.07, 6.45) is 0. The normalized spacial score (nSPS) is 10.2. The minimum Gasteiger partial charge on any atom is -0.457 e. The molecule has 0 bridgehead atoms. The lowest BCUT2D eigenvalue weighted by Crippen LogP contribution is -2.28. The van der Waals surface area contributed by atoms with E-state index in [4.69, 9.17) is 10.5 Å². The number of primary amides is 1. The highest BCUT2D eigenvalue weighted by molar-refractivity contribution is 5.93. The molecule has 6 heteroatoms. The van der Waals surface area contributed by atoms with E-state index in [-0.39, 0.29) is 12.6 Å². The molecule has 0 aliphatic heterocycles. The van der Waals surface area contributed by atoms with E-state index in [1.54, 1.807) is 42.5 Å². The van der Waals surface area contributed by atoms with Gasteiger partial charge in [-0.25, -0.2) is 4.79 Å². The Bertz CT molecular complexity index is 984. The number of aryl methyl sites for hydroxylation is 1. The molecule has 142 valence electrons. The van der Waals surface area contributed by atoms with E-state index in [0.717, 1.165) is 16.9 Å². The Morgan fingerprint density at radius 3 is 2.39 bits per heavy atom. The number of benzene rings is 3. The Balaban J connectivity index is 1.53. The van der Waals surface area contributed by atoms with Gasteiger partial charge in [0.1, 0.15) is 11.5 Å². The summed E-state index contributed by atoms with van der Waals surface area (Å²) in [5.41, 5.74) is 8.21. The summed E-state index contributed by atoms with van der Waals surface area (Å²) in [6.45, 7) is 2.28. The average molecular weight is 375 g/mol. The van der Waals surface area contributed by atoms with Crippen molar-refractivity contribution in [3.63, 3.8) is 0 Å². The van der Waals surface area contributed by atoms with Gasteiger partial charge in [-0.1, -0.05) is 24.3 Å². The molecule has 3 amide bonds. The van der Waals surface area contributed by atoms with Crippen LogP contribution >= 0.6 is 0 Å². The van der Waals surface area contributed by atoms with Gasteiger partial charge in [-0.05, 0) is 66.6 Å². The van der Waals surface area contributed by atoms with E-state index in [1.807, 2.05) is 37.3 Å². The van der Waals surface area contributed by atoms with Crippen molar-refractivity contribution in [2.24, 2.45) is 5.73 Å². The van der Waals surface area contributed by atoms with Crippen LogP contribution in [-0.4, -0.2) is 11.9 Å². The minimum atomic E-state index is -0.501. The summed E-state index contributed by atoms with van der Waals surface area (Å²) in [5, 5.41) is 5.49. The molecular formula is C22H21N3O3. The van der Waals surface area contributed by atoms with Crippen molar-refractivity contribution in [2.75, 3.05) is 5.32 Å². The fourth-order valence-electron chi connectivity index (χ4n) is 2.61. The van der Waals surface area contributed by atoms with E-state index in [2.05, 4.69) is 10.6 Å². The molecule has 3 aromatic carbocycles. The highest BCUT2D eigenvalue weighted by atomic mass is 16.5. The topological polar surface area (TPSA) is 93.4 Å². The van der Waals surface area contributed by atoms with Gasteiger partial charge in [-0.15, -0.1) is 0 Å². The van der Waals surface area contributed by atoms with Crippen LogP contribution in [0.25, 0.3) is 0 Å². The molecule has 0 saturated carbocycles. The lowest BCUT2D eigenvalue weighted by molar-refractivity contribution is 0.1000. The zero-order chi connectivity index (χ0) is 19.9. The first-order chi connectivity index (χ1) is 13.5. The summed E-state index contributed by atoms with van der Waals surface area (Å²) >= 11 is 0. The number of hydrogen-bond donors (Lipinski definition) is 3. The van der Waals surface area contributed by atoms with Crippen LogP contribution in [0.2, 0.25) is 0 Å². The Morgan fingerprint density at radius 1 is 0.929 bits per heavy atom. The third-order valence-corrected chi connectivity index (χ3v) is 4.00. The van der Waals surface area contributed by atoms with E-state index in [1.165, 1.54) is 0 Å². The zero-order valence-electron chi connectivity index (χ0n) is 15.4. The summed E-state index contributed by atoms with van der Waals surface area (Å²) in [6, 6.07) is 21.3. The molecule has 0 saturated heterocycles. The predicted molar refractivity (Wildman–Crippen MR) is 109 cm³/mol. The third-order valence-electron chi connectivity index (χ3n) is 4.00. The molecule has 0 fully saturated rings. The summed E-state index contributed by atoms with van der Waals surface area (Å²) < 4.78 is 5.79. The second-order valence-electron chi connectivity index (χ2n) is 6.32. The summed E-state index contributed by atoms with van der Waals surface area (Å²) in [5.74, 6) is 0.941. The number of nitrogens with two attached hydrogens (primary N) is 1. The van der Waals surface area contributed by atoms with E-state index in [9.17, 15) is 9.59 Å². The van der Waals surface area contributed by atoms with Gasteiger partial charge in [0.05, 0.1) is 0 Å². The molecule has 0 heterocycles. The van der Waals surface area contributed by atoms with Crippen molar-refractivity contribution >= 4 is 17.6 Å². The largest absolute Gasteiger partial charge is 0.457 e. The van der Waals surface area contributed by atoms with Gasteiger partial charge in [-0.2, -0.15) is 0 Å². The molecular weight excluding hydrogens is 354 g/mol. The van der Waals surface area contributed by atoms with Crippen LogP contribution < -0.4 is 21.1 Å². The molecule has 28 heavy (non-hydrogen) atoms. The van der Waals surface area contributed by atoms with Gasteiger partial charge in [0.2, 0.25) is 5.91 Å². The van der Waals surface area contributed by atoms with Crippen molar-refractivity contribution in [3.05, 3.63) is 89.5 Å². The number of carbonyl (C=O) groups is 2. The first kappa shape index (κ1) is 19.0. The minimum absolute atomic E-state index is 0.279. The van der Waals surface area contributed by atoms with Crippen molar-refractivity contribution in [3.8, 4) is 11.5 Å². The van der Waals surface area contributed by atoms with Crippen LogP contribution in [-0.2, 0) is 6.54 Å². The molecule has 0 aliphatic carbocycles. The third kappa shape index (κ3) is 5.35. The highest BCUT2D eigenvalue weighted by Gasteiger charge is 2.05. The van der Waals surface area contributed by atoms with Gasteiger partial charge in [-0.3, -0.25) is 4.79 Å². The van der Waals surface area contributed by atoms with Gasteiger partial charge in [0.15, 0.2) is 0 Å². The Hall–Kier alpha value is -3.80. The average Bonchev–Trinajstić information content (AvgIpc) is 2.68. The maximum absolute atomic E-state index is 12.1. The van der Waals surface area contributed by atoms with Gasteiger partial charge < -0.3 is 21.1 Å². The van der Waals surface area contributed by atoms with Gasteiger partial charge >= 0.3 is 6.03 Å². The zero-order valence-corrected chi connectivity index (χ0v) is 15.4. The molecule has 0 unspecified atom stereocenters. The highest BCUT2D eigenvalue weighted by Crippen LogP contribution is 2.23. The van der Waals surface area contributed by atoms with Crippen LogP contribution in [0.15, 0.2) is 72.8 Å². The first-order valence-corrected chi connectivity index (χ1v) is 8.78. The monoisotopic (exact) mass is 375 g/mol. The van der Waals surface area contributed by atoms with E-state index in [0.29, 0.717) is 17.0 Å². The lowest BCUT2D eigenvalue weighted by Gasteiger charge is -2.10. The van der Waals surface area contributed by atoms with E-state index >= 15 is 0 Å². The molecule has 3 rings (SSSR count). The van der Waals surface area contributed by atoms with Crippen molar-refractivity contribution in [1.29, 1.82) is 0 Å². The van der Waals surface area contributed by atoms with Gasteiger partial charge in [0.25, 0.3) is 0 Å². The van der Waals surface area contributed by atoms with Crippen molar-refractivity contribution < 1.29 is 14.3 Å². The second kappa shape index (κ2) is 8.73. The number of hydrogen-bond acceptors (Lipinski definition) is 3. The van der Waals surface area contributed by atoms with Crippen LogP contribution in [0.5, 0.6) is 11.5 Å². The SMILES string of the molecule is Cc1cccc(Oc2ccc(NC(=O)NCc3cccc(C(N)=O)c3)cc2)c1. The fourth-order valence-corrected chi connectivity index (χ4v) is 2.61. The standard InChI is InChI=1S/C22H21N3O3/c1-15-4-2-7-20(12-15)28-19-10-8-18(9-11-19)25-22(27)24-14-16-5-3-6-17(13-16)21(23)26/h2-13H,14H2,1H3,(H2,23,26)(H2,24,25,27). The van der Waals surface area contributed by atoms with Crippen LogP contribution in [0.3, 0.4) is 0 Å². The molecule has 0 spiro atoms. The second-order valence-corrected chi connectivity index (χ2v) is 6.32. The molecule has 3 aromatic rings. The maximum Gasteiger partial charge on any atom is 0.319 e. The molecule has 0 radical (unpaired) electrons. The number of amides is 3. The lowest BCUT2D eigenvalue weighted by atomic mass is 10.1. The van der Waals surface area contributed by atoms with Crippen LogP contribution in [0, 0.1) is 6.92 Å². The molecule has 0 atom stereocenters. The molecule has 4 N–H and O–H groups in total. The number of nitrogens with one attached hydrogen (secondary N) is 2. The fraction of sp³-hybridized carbons (Fsp3) is 0.0909. The van der Waals surface area contributed by atoms with Gasteiger partial charge in [0, 0.05) is 17.8 Å². The Morgan fingerprint density at radius 2 is 1.68 bits per heavy atom. The Kier molecular flexibility index (Phi) is 5.91. The molecule has 0 aliphatic rings. The predicted octanol–water partition coefficient (Wildman–Crippen LogP) is 4.21. The Labute approximate surface area is 163 Å².